The summed E-state index contributed by atoms with van der Waals surface area (Å²) in [4.78, 5) is 2.37. The normalized spacial score (nSPS) is 12.7. The van der Waals surface area contributed by atoms with E-state index in [-0.39, 0.29) is 0 Å². The van der Waals surface area contributed by atoms with E-state index in [0.29, 0.717) is 0 Å². The molecule has 7 aromatic carbocycles. The van der Waals surface area contributed by atoms with Crippen LogP contribution in [0.25, 0.3) is 44.5 Å². The van der Waals surface area contributed by atoms with E-state index in [4.69, 9.17) is 0 Å². The second-order valence-corrected chi connectivity index (χ2v) is 17.0. The molecule has 1 aliphatic heterocycles. The highest BCUT2D eigenvalue weighted by Crippen LogP contribution is 2.39. The van der Waals surface area contributed by atoms with Crippen molar-refractivity contribution >= 4 is 35.5 Å². The van der Waals surface area contributed by atoms with Crippen LogP contribution in [0.1, 0.15) is 0 Å². The lowest BCUT2D eigenvalue weighted by Crippen LogP contribution is -2.49. The van der Waals surface area contributed by atoms with E-state index in [0.717, 1.165) is 17.1 Å². The van der Waals surface area contributed by atoms with E-state index < -0.39 is 8.07 Å². The summed E-state index contributed by atoms with van der Waals surface area (Å²) in [6.07, 6.45) is 0. The molecular weight excluding hydrogens is 571 g/mol. The van der Waals surface area contributed by atoms with Gasteiger partial charge in [-0.1, -0.05) is 140 Å². The quantitative estimate of drug-likeness (QED) is 0.170. The summed E-state index contributed by atoms with van der Waals surface area (Å²) >= 11 is 0. The zero-order chi connectivity index (χ0) is 31.1. The van der Waals surface area contributed by atoms with Crippen molar-refractivity contribution in [1.29, 1.82) is 0 Å². The minimum Gasteiger partial charge on any atom is -0.310 e. The van der Waals surface area contributed by atoms with Crippen LogP contribution in [0.4, 0.5) is 17.1 Å². The summed E-state index contributed by atoms with van der Waals surface area (Å²) in [5, 5.41) is 3.08. The molecule has 220 valence electrons. The molecule has 0 unspecified atom stereocenters. The largest absolute Gasteiger partial charge is 0.310 e. The van der Waals surface area contributed by atoms with Gasteiger partial charge in [-0.05, 0) is 103 Å². The van der Waals surface area contributed by atoms with Gasteiger partial charge >= 0.3 is 0 Å². The van der Waals surface area contributed by atoms with Gasteiger partial charge < -0.3 is 4.90 Å². The predicted octanol–water partition coefficient (Wildman–Crippen LogP) is 11.0. The number of fused-ring (bicyclic) bond motifs is 3. The molecule has 1 aliphatic rings. The Morgan fingerprint density at radius 1 is 0.326 bits per heavy atom. The topological polar surface area (TPSA) is 3.24 Å². The summed E-state index contributed by atoms with van der Waals surface area (Å²) in [6.45, 7) is 4.95. The highest BCUT2D eigenvalue weighted by atomic mass is 28.3. The number of rotatable bonds is 6. The molecular formula is C44H35NSi. The molecule has 1 heterocycles. The highest BCUT2D eigenvalue weighted by Gasteiger charge is 2.37. The summed E-state index contributed by atoms with van der Waals surface area (Å²) in [5.41, 5.74) is 13.5. The minimum absolute atomic E-state index is 1.13. The molecule has 0 amide bonds. The summed E-state index contributed by atoms with van der Waals surface area (Å²) in [6, 6.07) is 64.1. The number of para-hydroxylation sites is 1. The summed E-state index contributed by atoms with van der Waals surface area (Å²) in [5.74, 6) is 0. The summed E-state index contributed by atoms with van der Waals surface area (Å²) < 4.78 is 0. The van der Waals surface area contributed by atoms with Gasteiger partial charge in [-0.2, -0.15) is 0 Å². The third-order valence-corrected chi connectivity index (χ3v) is 13.0. The number of anilines is 3. The molecule has 0 aliphatic carbocycles. The van der Waals surface area contributed by atoms with E-state index in [2.05, 4.69) is 194 Å². The predicted molar refractivity (Wildman–Crippen MR) is 200 cm³/mol. The monoisotopic (exact) mass is 605 g/mol. The van der Waals surface area contributed by atoms with Crippen LogP contribution in [0.2, 0.25) is 13.1 Å². The standard InChI is InChI=1S/C44H35NSi/c1-46(2)43-25-10-9-24-41(43)42-31-37(26-27-44(42)46)36-19-13-23-40(30-36)45(38-20-7-4-8-21-38)39-22-12-18-35(29-39)34-17-11-16-33(28-34)32-14-5-3-6-15-32/h3-31H,1-2H3. The third kappa shape index (κ3) is 4.97. The molecule has 2 heteroatoms. The zero-order valence-corrected chi connectivity index (χ0v) is 27.2. The molecule has 0 aromatic heterocycles. The first kappa shape index (κ1) is 28.1. The molecule has 0 atom stereocenters. The molecule has 0 saturated heterocycles. The molecule has 0 radical (unpaired) electrons. The van der Waals surface area contributed by atoms with Crippen LogP contribution in [-0.2, 0) is 0 Å². The maximum atomic E-state index is 2.47. The van der Waals surface area contributed by atoms with Crippen molar-refractivity contribution in [2.45, 2.75) is 13.1 Å². The van der Waals surface area contributed by atoms with Crippen LogP contribution >= 0.6 is 0 Å². The average molecular weight is 606 g/mol. The molecule has 0 N–H and O–H groups in total. The molecule has 0 saturated carbocycles. The molecule has 0 bridgehead atoms. The van der Waals surface area contributed by atoms with Crippen molar-refractivity contribution in [2.75, 3.05) is 4.90 Å². The lowest BCUT2D eigenvalue weighted by atomic mass is 9.98. The second kappa shape index (κ2) is 11.5. The molecule has 1 nitrogen and oxygen atoms in total. The van der Waals surface area contributed by atoms with Crippen LogP contribution in [0.5, 0.6) is 0 Å². The Labute approximate surface area is 273 Å². The Hall–Kier alpha value is -5.44. The van der Waals surface area contributed by atoms with Crippen molar-refractivity contribution in [3.05, 3.63) is 176 Å². The third-order valence-electron chi connectivity index (χ3n) is 9.44. The summed E-state index contributed by atoms with van der Waals surface area (Å²) in [7, 11) is -1.69. The number of nitrogens with zero attached hydrogens (tertiary/aromatic N) is 1. The van der Waals surface area contributed by atoms with Gasteiger partial charge in [0.25, 0.3) is 0 Å². The molecule has 8 rings (SSSR count). The lowest BCUT2D eigenvalue weighted by Gasteiger charge is -2.26. The van der Waals surface area contributed by atoms with E-state index in [9.17, 15) is 0 Å². The Bertz CT molecular complexity index is 2180. The van der Waals surface area contributed by atoms with Crippen molar-refractivity contribution in [3.63, 3.8) is 0 Å². The second-order valence-electron chi connectivity index (χ2n) is 12.6. The fourth-order valence-electron chi connectivity index (χ4n) is 7.08. The van der Waals surface area contributed by atoms with E-state index in [1.165, 1.54) is 49.7 Å². The Balaban J connectivity index is 1.21. The highest BCUT2D eigenvalue weighted by molar-refractivity contribution is 7.03. The van der Waals surface area contributed by atoms with Gasteiger partial charge in [-0.25, -0.2) is 0 Å². The van der Waals surface area contributed by atoms with Gasteiger partial charge in [0, 0.05) is 17.1 Å². The number of benzene rings is 7. The zero-order valence-electron chi connectivity index (χ0n) is 26.2. The number of hydrogen-bond acceptors (Lipinski definition) is 1. The Kier molecular flexibility index (Phi) is 7.01. The van der Waals surface area contributed by atoms with Gasteiger partial charge in [0.05, 0.1) is 0 Å². The van der Waals surface area contributed by atoms with Crippen LogP contribution in [0.3, 0.4) is 0 Å². The minimum atomic E-state index is -1.69. The van der Waals surface area contributed by atoms with Gasteiger partial charge in [0.15, 0.2) is 0 Å². The first-order chi connectivity index (χ1) is 22.6. The van der Waals surface area contributed by atoms with Gasteiger partial charge in [0.1, 0.15) is 8.07 Å². The fourth-order valence-corrected chi connectivity index (χ4v) is 10.2. The number of hydrogen-bond donors (Lipinski definition) is 0. The fraction of sp³-hybridized carbons (Fsp3) is 0.0455. The molecule has 7 aromatic rings. The van der Waals surface area contributed by atoms with Gasteiger partial charge in [-0.3, -0.25) is 0 Å². The molecule has 46 heavy (non-hydrogen) atoms. The van der Waals surface area contributed by atoms with Gasteiger partial charge in [0.2, 0.25) is 0 Å². The van der Waals surface area contributed by atoms with E-state index in [1.54, 1.807) is 5.19 Å². The van der Waals surface area contributed by atoms with Crippen molar-refractivity contribution < 1.29 is 0 Å². The van der Waals surface area contributed by atoms with Crippen molar-refractivity contribution in [1.82, 2.24) is 0 Å². The first-order valence-electron chi connectivity index (χ1n) is 16.0. The van der Waals surface area contributed by atoms with E-state index in [1.807, 2.05) is 0 Å². The van der Waals surface area contributed by atoms with Crippen LogP contribution in [-0.4, -0.2) is 8.07 Å². The van der Waals surface area contributed by atoms with Crippen LogP contribution in [0, 0.1) is 0 Å². The molecule has 0 fully saturated rings. The Morgan fingerprint density at radius 2 is 0.783 bits per heavy atom. The van der Waals surface area contributed by atoms with Crippen LogP contribution in [0.15, 0.2) is 176 Å². The average Bonchev–Trinajstić information content (AvgIpc) is 3.35. The Morgan fingerprint density at radius 3 is 1.46 bits per heavy atom. The molecule has 0 spiro atoms. The SMILES string of the molecule is C[Si]1(C)c2ccccc2-c2cc(-c3cccc(N(c4ccccc4)c4cccc(-c5cccc(-c6ccccc6)c5)c4)c3)ccc21. The maximum Gasteiger partial charge on any atom is 0.113 e. The van der Waals surface area contributed by atoms with Gasteiger partial charge in [-0.15, -0.1) is 0 Å². The first-order valence-corrected chi connectivity index (χ1v) is 19.0. The van der Waals surface area contributed by atoms with Crippen molar-refractivity contribution in [3.8, 4) is 44.5 Å². The van der Waals surface area contributed by atoms with Crippen molar-refractivity contribution in [2.24, 2.45) is 0 Å². The van der Waals surface area contributed by atoms with E-state index >= 15 is 0 Å². The van der Waals surface area contributed by atoms with Crippen LogP contribution < -0.4 is 15.3 Å². The lowest BCUT2D eigenvalue weighted by molar-refractivity contribution is 1.28. The maximum absolute atomic E-state index is 2.47. The smallest absolute Gasteiger partial charge is 0.113 e.